The Labute approximate surface area is 115 Å². The van der Waals surface area contributed by atoms with Crippen LogP contribution in [0.15, 0.2) is 12.7 Å². The number of nitrogens with one attached hydrogen (secondary N) is 1. The van der Waals surface area contributed by atoms with Crippen molar-refractivity contribution in [1.82, 2.24) is 10.2 Å². The van der Waals surface area contributed by atoms with Crippen molar-refractivity contribution in [2.45, 2.75) is 45.3 Å². The first kappa shape index (κ1) is 15.7. The summed E-state index contributed by atoms with van der Waals surface area (Å²) in [5.74, 6) is -0.0475. The second-order valence-electron chi connectivity index (χ2n) is 4.91. The van der Waals surface area contributed by atoms with E-state index < -0.39 is 6.10 Å². The van der Waals surface area contributed by atoms with Crippen molar-refractivity contribution < 1.29 is 14.3 Å². The van der Waals surface area contributed by atoms with E-state index in [-0.39, 0.29) is 17.9 Å². The van der Waals surface area contributed by atoms with Crippen LogP contribution in [0.1, 0.15) is 33.1 Å². The van der Waals surface area contributed by atoms with Crippen molar-refractivity contribution in [3.8, 4) is 0 Å². The molecule has 1 rings (SSSR count). The molecule has 1 fully saturated rings. The van der Waals surface area contributed by atoms with Crippen molar-refractivity contribution in [2.24, 2.45) is 0 Å². The fourth-order valence-corrected chi connectivity index (χ4v) is 2.24. The quantitative estimate of drug-likeness (QED) is 0.579. The Kier molecular flexibility index (Phi) is 6.56. The number of amides is 2. The van der Waals surface area contributed by atoms with Crippen molar-refractivity contribution in [2.75, 3.05) is 19.7 Å². The number of carbonyl (C=O) groups is 2. The molecule has 0 saturated carbocycles. The van der Waals surface area contributed by atoms with Crippen molar-refractivity contribution in [3.05, 3.63) is 12.7 Å². The SMILES string of the molecule is C=CCCOC(C)C(=O)N1CCCC(NC(C)=O)C1. The van der Waals surface area contributed by atoms with E-state index in [9.17, 15) is 9.59 Å². The molecule has 2 atom stereocenters. The van der Waals surface area contributed by atoms with Crippen LogP contribution in [0, 0.1) is 0 Å². The zero-order valence-electron chi connectivity index (χ0n) is 11.9. The molecule has 0 aromatic heterocycles. The zero-order chi connectivity index (χ0) is 14.3. The van der Waals surface area contributed by atoms with E-state index in [0.29, 0.717) is 13.2 Å². The average molecular weight is 268 g/mol. The fraction of sp³-hybridized carbons (Fsp3) is 0.714. The van der Waals surface area contributed by atoms with Gasteiger partial charge in [-0.05, 0) is 26.2 Å². The Morgan fingerprint density at radius 2 is 2.32 bits per heavy atom. The smallest absolute Gasteiger partial charge is 0.251 e. The maximum Gasteiger partial charge on any atom is 0.251 e. The van der Waals surface area contributed by atoms with Crippen LogP contribution in [0.25, 0.3) is 0 Å². The Balaban J connectivity index is 2.42. The number of carbonyl (C=O) groups excluding carboxylic acids is 2. The number of nitrogens with zero attached hydrogens (tertiary/aromatic N) is 1. The first-order valence-corrected chi connectivity index (χ1v) is 6.83. The highest BCUT2D eigenvalue weighted by Crippen LogP contribution is 2.12. The number of piperidine rings is 1. The van der Waals surface area contributed by atoms with Gasteiger partial charge in [0.25, 0.3) is 5.91 Å². The molecule has 0 aromatic rings. The summed E-state index contributed by atoms with van der Waals surface area (Å²) in [5, 5.41) is 2.87. The minimum atomic E-state index is -0.434. The molecule has 2 amide bonds. The van der Waals surface area contributed by atoms with Gasteiger partial charge in [0, 0.05) is 26.1 Å². The van der Waals surface area contributed by atoms with E-state index in [0.717, 1.165) is 25.8 Å². The summed E-state index contributed by atoms with van der Waals surface area (Å²) < 4.78 is 5.46. The van der Waals surface area contributed by atoms with Gasteiger partial charge in [-0.25, -0.2) is 0 Å². The number of ether oxygens (including phenoxy) is 1. The van der Waals surface area contributed by atoms with Crippen LogP contribution in [0.2, 0.25) is 0 Å². The average Bonchev–Trinajstić information content (AvgIpc) is 2.37. The summed E-state index contributed by atoms with van der Waals surface area (Å²) in [7, 11) is 0. The van der Waals surface area contributed by atoms with Crippen LogP contribution >= 0.6 is 0 Å². The van der Waals surface area contributed by atoms with Crippen molar-refractivity contribution in [1.29, 1.82) is 0 Å². The lowest BCUT2D eigenvalue weighted by Crippen LogP contribution is -2.51. The van der Waals surface area contributed by atoms with Gasteiger partial charge in [-0.3, -0.25) is 9.59 Å². The van der Waals surface area contributed by atoms with Crippen LogP contribution in [-0.4, -0.2) is 48.6 Å². The first-order valence-electron chi connectivity index (χ1n) is 6.83. The highest BCUT2D eigenvalue weighted by molar-refractivity contribution is 5.81. The third-order valence-electron chi connectivity index (χ3n) is 3.18. The third kappa shape index (κ3) is 5.42. The number of hydrogen-bond donors (Lipinski definition) is 1. The van der Waals surface area contributed by atoms with Crippen LogP contribution in [0.3, 0.4) is 0 Å². The van der Waals surface area contributed by atoms with E-state index in [1.807, 2.05) is 0 Å². The molecule has 0 aromatic carbocycles. The normalized spacial score (nSPS) is 20.7. The minimum Gasteiger partial charge on any atom is -0.368 e. The Morgan fingerprint density at radius 1 is 1.58 bits per heavy atom. The van der Waals surface area contributed by atoms with Crippen LogP contribution in [0.4, 0.5) is 0 Å². The molecule has 2 unspecified atom stereocenters. The second-order valence-corrected chi connectivity index (χ2v) is 4.91. The molecule has 0 spiro atoms. The lowest BCUT2D eigenvalue weighted by atomic mass is 10.1. The van der Waals surface area contributed by atoms with E-state index in [2.05, 4.69) is 11.9 Å². The lowest BCUT2D eigenvalue weighted by Gasteiger charge is -2.34. The Hall–Kier alpha value is -1.36. The van der Waals surface area contributed by atoms with Gasteiger partial charge in [-0.2, -0.15) is 0 Å². The molecular weight excluding hydrogens is 244 g/mol. The zero-order valence-corrected chi connectivity index (χ0v) is 11.9. The van der Waals surface area contributed by atoms with Gasteiger partial charge in [-0.15, -0.1) is 6.58 Å². The lowest BCUT2D eigenvalue weighted by molar-refractivity contribution is -0.144. The number of hydrogen-bond acceptors (Lipinski definition) is 3. The third-order valence-corrected chi connectivity index (χ3v) is 3.18. The highest BCUT2D eigenvalue weighted by atomic mass is 16.5. The largest absolute Gasteiger partial charge is 0.368 e. The Morgan fingerprint density at radius 3 is 2.95 bits per heavy atom. The predicted octanol–water partition coefficient (Wildman–Crippen LogP) is 1.09. The molecule has 0 aliphatic carbocycles. The van der Waals surface area contributed by atoms with Gasteiger partial charge in [0.05, 0.1) is 6.61 Å². The standard InChI is InChI=1S/C14H24N2O3/c1-4-5-9-19-11(2)14(18)16-8-6-7-13(10-16)15-12(3)17/h4,11,13H,1,5-10H2,2-3H3,(H,15,17). The molecule has 0 bridgehead atoms. The van der Waals surface area contributed by atoms with E-state index >= 15 is 0 Å². The van der Waals surface area contributed by atoms with Gasteiger partial charge in [0.2, 0.25) is 5.91 Å². The van der Waals surface area contributed by atoms with Crippen LogP contribution < -0.4 is 5.32 Å². The number of rotatable bonds is 6. The fourth-order valence-electron chi connectivity index (χ4n) is 2.24. The molecule has 1 aliphatic rings. The molecule has 1 heterocycles. The predicted molar refractivity (Wildman–Crippen MR) is 73.6 cm³/mol. The summed E-state index contributed by atoms with van der Waals surface area (Å²) in [6.45, 7) is 8.72. The highest BCUT2D eigenvalue weighted by Gasteiger charge is 2.27. The van der Waals surface area contributed by atoms with Crippen molar-refractivity contribution in [3.63, 3.8) is 0 Å². The second kappa shape index (κ2) is 7.94. The maximum atomic E-state index is 12.2. The monoisotopic (exact) mass is 268 g/mol. The van der Waals surface area contributed by atoms with Crippen LogP contribution in [0.5, 0.6) is 0 Å². The van der Waals surface area contributed by atoms with Gasteiger partial charge in [0.15, 0.2) is 0 Å². The van der Waals surface area contributed by atoms with Crippen LogP contribution in [-0.2, 0) is 14.3 Å². The molecule has 1 aliphatic heterocycles. The van der Waals surface area contributed by atoms with Gasteiger partial charge in [-0.1, -0.05) is 6.08 Å². The first-order chi connectivity index (χ1) is 9.04. The summed E-state index contributed by atoms with van der Waals surface area (Å²) in [4.78, 5) is 25.0. The van der Waals surface area contributed by atoms with E-state index in [4.69, 9.17) is 4.74 Å². The molecule has 1 saturated heterocycles. The maximum absolute atomic E-state index is 12.2. The summed E-state index contributed by atoms with van der Waals surface area (Å²) in [6.07, 6.45) is 3.92. The molecular formula is C14H24N2O3. The van der Waals surface area contributed by atoms with E-state index in [1.165, 1.54) is 6.92 Å². The number of likely N-dealkylation sites (tertiary alicyclic amines) is 1. The molecule has 108 valence electrons. The molecule has 0 radical (unpaired) electrons. The molecule has 19 heavy (non-hydrogen) atoms. The molecule has 5 heteroatoms. The summed E-state index contributed by atoms with van der Waals surface area (Å²) in [5.41, 5.74) is 0. The van der Waals surface area contributed by atoms with Gasteiger partial charge < -0.3 is 15.0 Å². The van der Waals surface area contributed by atoms with Gasteiger partial charge in [0.1, 0.15) is 6.10 Å². The summed E-state index contributed by atoms with van der Waals surface area (Å²) in [6, 6.07) is 0.0653. The molecule has 1 N–H and O–H groups in total. The van der Waals surface area contributed by atoms with Gasteiger partial charge >= 0.3 is 0 Å². The topological polar surface area (TPSA) is 58.6 Å². The van der Waals surface area contributed by atoms with E-state index in [1.54, 1.807) is 17.9 Å². The molecule has 5 nitrogen and oxygen atoms in total. The Bertz CT molecular complexity index is 331. The van der Waals surface area contributed by atoms with Crippen molar-refractivity contribution >= 4 is 11.8 Å². The summed E-state index contributed by atoms with van der Waals surface area (Å²) >= 11 is 0. The minimum absolute atomic E-state index is 0.000820.